The lowest BCUT2D eigenvalue weighted by Gasteiger charge is -2.21. The standard InChI is InChI=1S/C11H15NO2/c1-9(7-8-12)11(13)14-10-5-3-2-4-6-10/h7,10H,2-6H2,1H3. The zero-order valence-electron chi connectivity index (χ0n) is 8.45. The molecule has 0 aromatic heterocycles. The lowest BCUT2D eigenvalue weighted by atomic mass is 9.98. The Hall–Kier alpha value is -1.30. The monoisotopic (exact) mass is 193 g/mol. The van der Waals surface area contributed by atoms with E-state index in [0.717, 1.165) is 25.7 Å². The molecule has 14 heavy (non-hydrogen) atoms. The first-order valence-electron chi connectivity index (χ1n) is 5.01. The van der Waals surface area contributed by atoms with Gasteiger partial charge in [0.1, 0.15) is 6.10 Å². The first-order chi connectivity index (χ1) is 6.74. The molecule has 0 unspecified atom stereocenters. The summed E-state index contributed by atoms with van der Waals surface area (Å²) in [6, 6.07) is 1.82. The molecule has 0 atom stereocenters. The normalized spacial score (nSPS) is 18.7. The number of rotatable bonds is 2. The van der Waals surface area contributed by atoms with E-state index in [0.29, 0.717) is 5.57 Å². The van der Waals surface area contributed by atoms with Crippen molar-refractivity contribution in [3.8, 4) is 6.07 Å². The van der Waals surface area contributed by atoms with Crippen molar-refractivity contribution >= 4 is 5.97 Å². The zero-order chi connectivity index (χ0) is 10.4. The Morgan fingerprint density at radius 1 is 1.43 bits per heavy atom. The molecule has 0 saturated heterocycles. The predicted octanol–water partition coefficient (Wildman–Crippen LogP) is 2.33. The fourth-order valence-electron chi connectivity index (χ4n) is 1.58. The van der Waals surface area contributed by atoms with Crippen LogP contribution in [-0.2, 0) is 9.53 Å². The largest absolute Gasteiger partial charge is 0.459 e. The van der Waals surface area contributed by atoms with Gasteiger partial charge in [-0.3, -0.25) is 0 Å². The lowest BCUT2D eigenvalue weighted by molar-refractivity contribution is -0.145. The molecule has 0 bridgehead atoms. The fraction of sp³-hybridized carbons (Fsp3) is 0.636. The molecule has 0 heterocycles. The molecule has 0 aromatic rings. The van der Waals surface area contributed by atoms with Gasteiger partial charge in [0.2, 0.25) is 0 Å². The number of hydrogen-bond donors (Lipinski definition) is 0. The van der Waals surface area contributed by atoms with Gasteiger partial charge in [-0.2, -0.15) is 5.26 Å². The van der Waals surface area contributed by atoms with Crippen molar-refractivity contribution in [1.29, 1.82) is 5.26 Å². The molecule has 1 fully saturated rings. The van der Waals surface area contributed by atoms with Crippen molar-refractivity contribution in [2.24, 2.45) is 0 Å². The van der Waals surface area contributed by atoms with Crippen molar-refractivity contribution in [3.05, 3.63) is 11.6 Å². The molecule has 3 nitrogen and oxygen atoms in total. The average Bonchev–Trinajstić information content (AvgIpc) is 2.19. The van der Waals surface area contributed by atoms with E-state index in [1.807, 2.05) is 6.07 Å². The molecule has 3 heteroatoms. The number of ether oxygens (including phenoxy) is 1. The maximum atomic E-state index is 11.4. The van der Waals surface area contributed by atoms with Crippen molar-refractivity contribution in [1.82, 2.24) is 0 Å². The van der Waals surface area contributed by atoms with Crippen LogP contribution in [0.2, 0.25) is 0 Å². The van der Waals surface area contributed by atoms with Crippen LogP contribution in [0.4, 0.5) is 0 Å². The molecule has 1 aliphatic carbocycles. The molecular formula is C11H15NO2. The molecule has 0 radical (unpaired) electrons. The Kier molecular flexibility index (Phi) is 4.18. The van der Waals surface area contributed by atoms with Gasteiger partial charge in [-0.05, 0) is 32.6 Å². The van der Waals surface area contributed by atoms with Gasteiger partial charge in [0.05, 0.1) is 6.07 Å². The second kappa shape index (κ2) is 5.43. The van der Waals surface area contributed by atoms with E-state index in [1.165, 1.54) is 12.5 Å². The van der Waals surface area contributed by atoms with E-state index in [1.54, 1.807) is 6.92 Å². The highest BCUT2D eigenvalue weighted by atomic mass is 16.5. The Bertz CT molecular complexity index is 270. The Labute approximate surface area is 84.4 Å². The molecule has 76 valence electrons. The molecule has 0 N–H and O–H groups in total. The third-order valence-electron chi connectivity index (χ3n) is 2.43. The van der Waals surface area contributed by atoms with Gasteiger partial charge in [0.25, 0.3) is 0 Å². The second-order valence-electron chi connectivity index (χ2n) is 3.62. The number of carbonyl (C=O) groups is 1. The number of allylic oxidation sites excluding steroid dienone is 1. The molecule has 1 rings (SSSR count). The van der Waals surface area contributed by atoms with Crippen LogP contribution in [0.15, 0.2) is 11.6 Å². The molecule has 1 aliphatic rings. The zero-order valence-corrected chi connectivity index (χ0v) is 8.45. The predicted molar refractivity (Wildman–Crippen MR) is 52.3 cm³/mol. The summed E-state index contributed by atoms with van der Waals surface area (Å²) in [5.41, 5.74) is 0.387. The van der Waals surface area contributed by atoms with E-state index in [9.17, 15) is 4.79 Å². The smallest absolute Gasteiger partial charge is 0.334 e. The van der Waals surface area contributed by atoms with Crippen LogP contribution in [0.1, 0.15) is 39.0 Å². The van der Waals surface area contributed by atoms with Crippen LogP contribution in [0.25, 0.3) is 0 Å². The summed E-state index contributed by atoms with van der Waals surface area (Å²) in [5.74, 6) is -0.349. The number of carbonyl (C=O) groups excluding carboxylic acids is 1. The van der Waals surface area contributed by atoms with Gasteiger partial charge in [-0.25, -0.2) is 4.79 Å². The highest BCUT2D eigenvalue weighted by Crippen LogP contribution is 2.21. The van der Waals surface area contributed by atoms with Gasteiger partial charge >= 0.3 is 5.97 Å². The lowest BCUT2D eigenvalue weighted by Crippen LogP contribution is -2.21. The third kappa shape index (κ3) is 3.21. The quantitative estimate of drug-likeness (QED) is 0.384. The van der Waals surface area contributed by atoms with Gasteiger partial charge in [-0.15, -0.1) is 0 Å². The molecule has 0 aliphatic heterocycles. The van der Waals surface area contributed by atoms with E-state index in [2.05, 4.69) is 0 Å². The topological polar surface area (TPSA) is 50.1 Å². The molecule has 1 saturated carbocycles. The van der Waals surface area contributed by atoms with Crippen LogP contribution in [0.3, 0.4) is 0 Å². The maximum Gasteiger partial charge on any atom is 0.334 e. The number of esters is 1. The molecule has 0 spiro atoms. The second-order valence-corrected chi connectivity index (χ2v) is 3.62. The van der Waals surface area contributed by atoms with E-state index in [4.69, 9.17) is 10.00 Å². The van der Waals surface area contributed by atoms with Crippen LogP contribution in [0, 0.1) is 11.3 Å². The maximum absolute atomic E-state index is 11.4. The summed E-state index contributed by atoms with van der Waals surface area (Å²) in [6.07, 6.45) is 6.74. The van der Waals surface area contributed by atoms with Gasteiger partial charge < -0.3 is 4.74 Å². The minimum absolute atomic E-state index is 0.0679. The van der Waals surface area contributed by atoms with Crippen molar-refractivity contribution in [3.63, 3.8) is 0 Å². The fourth-order valence-corrected chi connectivity index (χ4v) is 1.58. The summed E-state index contributed by atoms with van der Waals surface area (Å²) >= 11 is 0. The van der Waals surface area contributed by atoms with Gasteiger partial charge in [-0.1, -0.05) is 6.42 Å². The highest BCUT2D eigenvalue weighted by Gasteiger charge is 2.18. The summed E-state index contributed by atoms with van der Waals surface area (Å²) < 4.78 is 5.25. The van der Waals surface area contributed by atoms with Crippen molar-refractivity contribution in [2.45, 2.75) is 45.1 Å². The number of nitriles is 1. The van der Waals surface area contributed by atoms with Gasteiger partial charge in [0.15, 0.2) is 0 Å². The average molecular weight is 193 g/mol. The van der Waals surface area contributed by atoms with E-state index >= 15 is 0 Å². The number of hydrogen-bond acceptors (Lipinski definition) is 3. The highest BCUT2D eigenvalue weighted by molar-refractivity contribution is 5.88. The summed E-state index contributed by atoms with van der Waals surface area (Å²) in [5, 5.41) is 8.36. The Morgan fingerprint density at radius 3 is 2.64 bits per heavy atom. The van der Waals surface area contributed by atoms with E-state index in [-0.39, 0.29) is 12.1 Å². The van der Waals surface area contributed by atoms with Crippen LogP contribution in [-0.4, -0.2) is 12.1 Å². The minimum Gasteiger partial charge on any atom is -0.459 e. The van der Waals surface area contributed by atoms with Gasteiger partial charge in [0, 0.05) is 11.6 Å². The van der Waals surface area contributed by atoms with Crippen LogP contribution >= 0.6 is 0 Å². The van der Waals surface area contributed by atoms with Crippen LogP contribution < -0.4 is 0 Å². The summed E-state index contributed by atoms with van der Waals surface area (Å²) in [6.45, 7) is 1.61. The summed E-state index contributed by atoms with van der Waals surface area (Å²) in [7, 11) is 0. The van der Waals surface area contributed by atoms with E-state index < -0.39 is 0 Å². The first-order valence-corrected chi connectivity index (χ1v) is 5.01. The van der Waals surface area contributed by atoms with Crippen molar-refractivity contribution in [2.75, 3.05) is 0 Å². The Balaban J connectivity index is 2.40. The van der Waals surface area contributed by atoms with Crippen molar-refractivity contribution < 1.29 is 9.53 Å². The SMILES string of the molecule is CC(=CC#N)C(=O)OC1CCCCC1. The third-order valence-corrected chi connectivity index (χ3v) is 2.43. The van der Waals surface area contributed by atoms with Crippen LogP contribution in [0.5, 0.6) is 0 Å². The molecule has 0 aromatic carbocycles. The number of nitrogens with zero attached hydrogens (tertiary/aromatic N) is 1. The minimum atomic E-state index is -0.349. The first kappa shape index (κ1) is 10.8. The summed E-state index contributed by atoms with van der Waals surface area (Å²) in [4.78, 5) is 11.4. The molecular weight excluding hydrogens is 178 g/mol. The Morgan fingerprint density at radius 2 is 2.07 bits per heavy atom. The molecule has 0 amide bonds.